The van der Waals surface area contributed by atoms with E-state index in [1.165, 1.54) is 22.5 Å². The van der Waals surface area contributed by atoms with Crippen LogP contribution in [0.1, 0.15) is 35.3 Å². The molecule has 0 spiro atoms. The number of aromatic nitrogens is 1. The topological polar surface area (TPSA) is 33.1 Å². The molecule has 3 heteroatoms. The van der Waals surface area contributed by atoms with Gasteiger partial charge in [-0.3, -0.25) is 0 Å². The largest absolute Gasteiger partial charge is 0.387 e. The molecule has 82 valence electrons. The highest BCUT2D eigenvalue weighted by Gasteiger charge is 2.28. The van der Waals surface area contributed by atoms with Crippen LogP contribution in [0.3, 0.4) is 0 Å². The molecule has 0 aliphatic heterocycles. The molecule has 0 saturated carbocycles. The third-order valence-electron chi connectivity index (χ3n) is 3.26. The first-order valence-electron chi connectivity index (χ1n) is 5.48. The van der Waals surface area contributed by atoms with Gasteiger partial charge in [-0.2, -0.15) is 0 Å². The lowest BCUT2D eigenvalue weighted by Gasteiger charge is -2.31. The van der Waals surface area contributed by atoms with Gasteiger partial charge in [0.15, 0.2) is 0 Å². The van der Waals surface area contributed by atoms with E-state index in [1.54, 1.807) is 5.51 Å². The highest BCUT2D eigenvalue weighted by atomic mass is 32.1. The number of hydrogen-bond donors (Lipinski definition) is 1. The highest BCUT2D eigenvalue weighted by Crippen LogP contribution is 2.40. The Labute approximate surface area is 98.6 Å². The Bertz CT molecular complexity index is 480. The molecule has 1 aliphatic carbocycles. The van der Waals surface area contributed by atoms with Crippen LogP contribution in [0.25, 0.3) is 0 Å². The molecular formula is C13H13NOS. The molecule has 2 atom stereocenters. The minimum absolute atomic E-state index is 0.412. The zero-order valence-electron chi connectivity index (χ0n) is 8.84. The summed E-state index contributed by atoms with van der Waals surface area (Å²) in [6.07, 6.45) is 1.47. The fourth-order valence-electron chi connectivity index (χ4n) is 2.35. The lowest BCUT2D eigenvalue weighted by atomic mass is 9.74. The first-order valence-corrected chi connectivity index (χ1v) is 6.43. The number of rotatable bonds is 3. The predicted molar refractivity (Wildman–Crippen MR) is 64.6 cm³/mol. The van der Waals surface area contributed by atoms with Gasteiger partial charge >= 0.3 is 0 Å². The van der Waals surface area contributed by atoms with Crippen molar-refractivity contribution in [3.8, 4) is 0 Å². The van der Waals surface area contributed by atoms with E-state index in [9.17, 15) is 5.11 Å². The number of hydrogen-bond acceptors (Lipinski definition) is 3. The summed E-state index contributed by atoms with van der Waals surface area (Å²) in [4.78, 5) is 4.15. The summed E-state index contributed by atoms with van der Waals surface area (Å²) in [5.41, 5.74) is 5.41. The number of aliphatic hydroxyl groups is 1. The van der Waals surface area contributed by atoms with Gasteiger partial charge in [0.05, 0.1) is 17.3 Å². The molecule has 2 nitrogen and oxygen atoms in total. The van der Waals surface area contributed by atoms with E-state index < -0.39 is 6.10 Å². The normalized spacial score (nSPS) is 19.9. The van der Waals surface area contributed by atoms with Crippen LogP contribution in [0.5, 0.6) is 0 Å². The van der Waals surface area contributed by atoms with Crippen molar-refractivity contribution in [3.05, 3.63) is 52.0 Å². The molecule has 2 unspecified atom stereocenters. The summed E-state index contributed by atoms with van der Waals surface area (Å²) in [5.74, 6) is 0.507. The van der Waals surface area contributed by atoms with E-state index in [-0.39, 0.29) is 0 Å². The van der Waals surface area contributed by atoms with Crippen molar-refractivity contribution in [1.82, 2.24) is 4.98 Å². The maximum Gasteiger partial charge on any atom is 0.0974 e. The third-order valence-corrected chi connectivity index (χ3v) is 3.87. The lowest BCUT2D eigenvalue weighted by Crippen LogP contribution is -2.19. The Balaban J connectivity index is 1.70. The maximum absolute atomic E-state index is 10.0. The van der Waals surface area contributed by atoms with E-state index in [2.05, 4.69) is 29.2 Å². The number of aliphatic hydroxyl groups excluding tert-OH is 1. The van der Waals surface area contributed by atoms with E-state index in [4.69, 9.17) is 0 Å². The Morgan fingerprint density at radius 2 is 2.31 bits per heavy atom. The van der Waals surface area contributed by atoms with Gasteiger partial charge in [-0.15, -0.1) is 11.3 Å². The number of nitrogens with zero attached hydrogens (tertiary/aromatic N) is 1. The molecule has 16 heavy (non-hydrogen) atoms. The molecule has 0 bridgehead atoms. The Morgan fingerprint density at radius 1 is 1.44 bits per heavy atom. The van der Waals surface area contributed by atoms with Crippen molar-refractivity contribution < 1.29 is 5.11 Å². The Hall–Kier alpha value is -1.19. The molecule has 0 amide bonds. The van der Waals surface area contributed by atoms with E-state index >= 15 is 0 Å². The zero-order chi connectivity index (χ0) is 11.0. The molecule has 2 aromatic rings. The highest BCUT2D eigenvalue weighted by molar-refractivity contribution is 7.07. The van der Waals surface area contributed by atoms with Crippen LogP contribution in [-0.4, -0.2) is 10.1 Å². The summed E-state index contributed by atoms with van der Waals surface area (Å²) in [6.45, 7) is 0. The average molecular weight is 231 g/mol. The standard InChI is InChI=1S/C13H13NOS/c15-13(12-7-16-8-14-12)6-10-5-9-3-1-2-4-11(9)10/h1-4,7-8,10,13,15H,5-6H2. The quantitative estimate of drug-likeness (QED) is 0.881. The number of benzene rings is 1. The second-order valence-corrected chi connectivity index (χ2v) is 4.98. The molecule has 1 aromatic carbocycles. The fourth-order valence-corrected chi connectivity index (χ4v) is 2.95. The lowest BCUT2D eigenvalue weighted by molar-refractivity contribution is 0.150. The predicted octanol–water partition coefficient (Wildman–Crippen LogP) is 2.91. The molecular weight excluding hydrogens is 218 g/mol. The van der Waals surface area contributed by atoms with Gasteiger partial charge in [0.1, 0.15) is 0 Å². The van der Waals surface area contributed by atoms with Gasteiger partial charge in [0.2, 0.25) is 0 Å². The van der Waals surface area contributed by atoms with Crippen LogP contribution in [0, 0.1) is 0 Å². The first-order chi connectivity index (χ1) is 7.84. The first kappa shape index (κ1) is 10.00. The van der Waals surface area contributed by atoms with Gasteiger partial charge < -0.3 is 5.11 Å². The van der Waals surface area contributed by atoms with Crippen LogP contribution in [0.15, 0.2) is 35.2 Å². The summed E-state index contributed by atoms with van der Waals surface area (Å²) in [7, 11) is 0. The van der Waals surface area contributed by atoms with Gasteiger partial charge in [-0.1, -0.05) is 24.3 Å². The van der Waals surface area contributed by atoms with Crippen molar-refractivity contribution in [2.75, 3.05) is 0 Å². The number of fused-ring (bicyclic) bond motifs is 1. The third kappa shape index (κ3) is 1.66. The second kappa shape index (κ2) is 4.00. The summed E-state index contributed by atoms with van der Waals surface area (Å²) >= 11 is 1.54. The summed E-state index contributed by atoms with van der Waals surface area (Å²) < 4.78 is 0. The van der Waals surface area contributed by atoms with Crippen LogP contribution in [-0.2, 0) is 6.42 Å². The second-order valence-electron chi connectivity index (χ2n) is 4.26. The van der Waals surface area contributed by atoms with Crippen molar-refractivity contribution in [3.63, 3.8) is 0 Å². The molecule has 1 aliphatic rings. The monoisotopic (exact) mass is 231 g/mol. The molecule has 0 fully saturated rings. The van der Waals surface area contributed by atoms with Gasteiger partial charge in [-0.25, -0.2) is 4.98 Å². The van der Waals surface area contributed by atoms with E-state index in [0.717, 1.165) is 18.5 Å². The van der Waals surface area contributed by atoms with Crippen molar-refractivity contribution in [2.24, 2.45) is 0 Å². The molecule has 3 rings (SSSR count). The SMILES string of the molecule is OC(CC1Cc2ccccc21)c1cscn1. The van der Waals surface area contributed by atoms with Gasteiger partial charge in [0, 0.05) is 5.38 Å². The van der Waals surface area contributed by atoms with Crippen molar-refractivity contribution >= 4 is 11.3 Å². The van der Waals surface area contributed by atoms with Crippen LogP contribution >= 0.6 is 11.3 Å². The maximum atomic E-state index is 10.0. The zero-order valence-corrected chi connectivity index (χ0v) is 9.65. The molecule has 1 heterocycles. The minimum Gasteiger partial charge on any atom is -0.387 e. The van der Waals surface area contributed by atoms with Crippen LogP contribution < -0.4 is 0 Å². The Kier molecular flexibility index (Phi) is 2.50. The minimum atomic E-state index is -0.412. The molecule has 0 radical (unpaired) electrons. The van der Waals surface area contributed by atoms with Gasteiger partial charge in [-0.05, 0) is 29.9 Å². The van der Waals surface area contributed by atoms with Crippen LogP contribution in [0.4, 0.5) is 0 Å². The number of thiazole rings is 1. The van der Waals surface area contributed by atoms with Crippen molar-refractivity contribution in [1.29, 1.82) is 0 Å². The van der Waals surface area contributed by atoms with Crippen molar-refractivity contribution in [2.45, 2.75) is 24.9 Å². The van der Waals surface area contributed by atoms with E-state index in [1.807, 2.05) is 5.38 Å². The summed E-state index contributed by atoms with van der Waals surface area (Å²) in [5, 5.41) is 11.9. The Morgan fingerprint density at radius 3 is 3.06 bits per heavy atom. The van der Waals surface area contributed by atoms with Gasteiger partial charge in [0.25, 0.3) is 0 Å². The molecule has 0 saturated heterocycles. The summed E-state index contributed by atoms with van der Waals surface area (Å²) in [6, 6.07) is 8.48. The molecule has 1 N–H and O–H groups in total. The average Bonchev–Trinajstić information content (AvgIpc) is 2.79. The fraction of sp³-hybridized carbons (Fsp3) is 0.308. The smallest absolute Gasteiger partial charge is 0.0974 e. The molecule has 1 aromatic heterocycles. The van der Waals surface area contributed by atoms with Crippen LogP contribution in [0.2, 0.25) is 0 Å². The van der Waals surface area contributed by atoms with E-state index in [0.29, 0.717) is 5.92 Å².